The minimum atomic E-state index is 0.173. The number of thioether (sulfide) groups is 1. The first kappa shape index (κ1) is 14.7. The van der Waals surface area contributed by atoms with Crippen LogP contribution in [0.5, 0.6) is 5.75 Å². The fraction of sp³-hybridized carbons (Fsp3) is 0.235. The number of rotatable bonds is 7. The quantitative estimate of drug-likeness (QED) is 0.713. The average molecular weight is 286 g/mol. The van der Waals surface area contributed by atoms with Crippen molar-refractivity contribution in [2.75, 3.05) is 11.5 Å². The molecule has 0 saturated heterocycles. The van der Waals surface area contributed by atoms with E-state index >= 15 is 0 Å². The van der Waals surface area contributed by atoms with Crippen molar-refractivity contribution < 1.29 is 9.53 Å². The minimum Gasteiger partial charge on any atom is -0.489 e. The van der Waals surface area contributed by atoms with Gasteiger partial charge in [-0.3, -0.25) is 4.79 Å². The Kier molecular flexibility index (Phi) is 5.69. The van der Waals surface area contributed by atoms with E-state index < -0.39 is 0 Å². The number of hydrogen-bond acceptors (Lipinski definition) is 3. The van der Waals surface area contributed by atoms with Gasteiger partial charge in [0.2, 0.25) is 0 Å². The number of hydrogen-bond donors (Lipinski definition) is 0. The fourth-order valence-corrected chi connectivity index (χ4v) is 2.31. The van der Waals surface area contributed by atoms with E-state index in [1.165, 1.54) is 0 Å². The summed E-state index contributed by atoms with van der Waals surface area (Å²) < 4.78 is 5.69. The second-order valence-corrected chi connectivity index (χ2v) is 5.63. The van der Waals surface area contributed by atoms with Crippen molar-refractivity contribution in [3.05, 3.63) is 65.7 Å². The Morgan fingerprint density at radius 2 is 1.75 bits per heavy atom. The predicted molar refractivity (Wildman–Crippen MR) is 84.5 cm³/mol. The van der Waals surface area contributed by atoms with Crippen LogP contribution in [0.25, 0.3) is 0 Å². The van der Waals surface area contributed by atoms with Gasteiger partial charge in [-0.25, -0.2) is 0 Å². The van der Waals surface area contributed by atoms with Crippen LogP contribution in [0.4, 0.5) is 0 Å². The summed E-state index contributed by atoms with van der Waals surface area (Å²) in [5.41, 5.74) is 1.88. The second-order valence-electron chi connectivity index (χ2n) is 4.36. The molecule has 104 valence electrons. The van der Waals surface area contributed by atoms with Crippen LogP contribution >= 0.6 is 11.8 Å². The van der Waals surface area contributed by atoms with Crippen LogP contribution in [0.1, 0.15) is 22.8 Å². The van der Waals surface area contributed by atoms with Gasteiger partial charge in [0.25, 0.3) is 0 Å². The summed E-state index contributed by atoms with van der Waals surface area (Å²) in [7, 11) is 0. The molecule has 3 heteroatoms. The molecular weight excluding hydrogens is 268 g/mol. The van der Waals surface area contributed by atoms with Crippen LogP contribution in [-0.4, -0.2) is 17.3 Å². The zero-order valence-corrected chi connectivity index (χ0v) is 12.4. The van der Waals surface area contributed by atoms with Crippen LogP contribution < -0.4 is 4.74 Å². The van der Waals surface area contributed by atoms with Gasteiger partial charge in [-0.1, -0.05) is 37.3 Å². The van der Waals surface area contributed by atoms with Crippen molar-refractivity contribution in [1.29, 1.82) is 0 Å². The summed E-state index contributed by atoms with van der Waals surface area (Å²) in [6.45, 7) is 2.60. The molecule has 0 bridgehead atoms. The fourth-order valence-electron chi connectivity index (χ4n) is 1.76. The first-order chi connectivity index (χ1) is 9.79. The van der Waals surface area contributed by atoms with Crippen molar-refractivity contribution in [2.24, 2.45) is 0 Å². The normalized spacial score (nSPS) is 10.2. The molecule has 0 aliphatic heterocycles. The third-order valence-corrected chi connectivity index (χ3v) is 3.74. The molecule has 0 amide bonds. The topological polar surface area (TPSA) is 26.3 Å². The lowest BCUT2D eigenvalue weighted by Gasteiger charge is -2.07. The molecule has 0 aliphatic rings. The van der Waals surface area contributed by atoms with Crippen LogP contribution in [0.2, 0.25) is 0 Å². The van der Waals surface area contributed by atoms with E-state index in [2.05, 4.69) is 6.92 Å². The van der Waals surface area contributed by atoms with Crippen molar-refractivity contribution in [2.45, 2.75) is 13.5 Å². The Bertz CT molecular complexity index is 535. The van der Waals surface area contributed by atoms with Crippen LogP contribution in [0.3, 0.4) is 0 Å². The van der Waals surface area contributed by atoms with E-state index in [0.29, 0.717) is 12.4 Å². The lowest BCUT2D eigenvalue weighted by atomic mass is 10.1. The maximum atomic E-state index is 11.8. The highest BCUT2D eigenvalue weighted by atomic mass is 32.2. The van der Waals surface area contributed by atoms with Crippen molar-refractivity contribution in [3.8, 4) is 5.75 Å². The molecule has 0 atom stereocenters. The maximum absolute atomic E-state index is 11.8. The molecule has 0 aliphatic carbocycles. The van der Waals surface area contributed by atoms with Crippen LogP contribution in [-0.2, 0) is 6.61 Å². The number of ketones is 1. The van der Waals surface area contributed by atoms with E-state index in [0.717, 1.165) is 22.6 Å². The molecule has 0 spiro atoms. The van der Waals surface area contributed by atoms with E-state index in [-0.39, 0.29) is 5.78 Å². The number of carbonyl (C=O) groups excluding carboxylic acids is 1. The molecule has 2 aromatic rings. The molecule has 20 heavy (non-hydrogen) atoms. The average Bonchev–Trinajstić information content (AvgIpc) is 2.52. The highest BCUT2D eigenvalue weighted by Gasteiger charge is 2.05. The molecular formula is C17H18O2S. The highest BCUT2D eigenvalue weighted by Crippen LogP contribution is 2.15. The Balaban J connectivity index is 1.90. The zero-order valence-electron chi connectivity index (χ0n) is 11.5. The monoisotopic (exact) mass is 286 g/mol. The third kappa shape index (κ3) is 4.42. The minimum absolute atomic E-state index is 0.173. The molecule has 0 radical (unpaired) electrons. The summed E-state index contributed by atoms with van der Waals surface area (Å²) in [5.74, 6) is 2.46. The van der Waals surface area contributed by atoms with E-state index in [1.807, 2.05) is 54.6 Å². The number of benzene rings is 2. The molecule has 0 fully saturated rings. The smallest absolute Gasteiger partial charge is 0.172 e. The molecule has 0 heterocycles. The number of carbonyl (C=O) groups is 1. The highest BCUT2D eigenvalue weighted by molar-refractivity contribution is 7.99. The maximum Gasteiger partial charge on any atom is 0.172 e. The summed E-state index contributed by atoms with van der Waals surface area (Å²) in [6.07, 6.45) is 0. The molecule has 0 saturated carbocycles. The molecule has 0 N–H and O–H groups in total. The van der Waals surface area contributed by atoms with Crippen LogP contribution in [0, 0.1) is 0 Å². The number of Topliss-reactive ketones (excluding diaryl/α,β-unsaturated/α-hetero) is 1. The van der Waals surface area contributed by atoms with E-state index in [4.69, 9.17) is 4.74 Å². The van der Waals surface area contributed by atoms with Crippen LogP contribution in [0.15, 0.2) is 54.6 Å². The van der Waals surface area contributed by atoms with Gasteiger partial charge < -0.3 is 4.74 Å². The van der Waals surface area contributed by atoms with Gasteiger partial charge in [0.1, 0.15) is 12.4 Å². The summed E-state index contributed by atoms with van der Waals surface area (Å²) in [4.78, 5) is 11.8. The van der Waals surface area contributed by atoms with Crippen molar-refractivity contribution in [3.63, 3.8) is 0 Å². The molecule has 0 aromatic heterocycles. The van der Waals surface area contributed by atoms with Gasteiger partial charge in [-0.05, 0) is 35.6 Å². The summed E-state index contributed by atoms with van der Waals surface area (Å²) >= 11 is 1.64. The lowest BCUT2D eigenvalue weighted by molar-refractivity contribution is 0.102. The van der Waals surface area contributed by atoms with E-state index in [1.54, 1.807) is 11.8 Å². The summed E-state index contributed by atoms with van der Waals surface area (Å²) in [5, 5.41) is 0. The Morgan fingerprint density at radius 1 is 1.05 bits per heavy atom. The molecule has 2 rings (SSSR count). The van der Waals surface area contributed by atoms with Gasteiger partial charge >= 0.3 is 0 Å². The number of ether oxygens (including phenoxy) is 1. The molecule has 2 nitrogen and oxygen atoms in total. The van der Waals surface area contributed by atoms with E-state index in [9.17, 15) is 4.79 Å². The Labute approximate surface area is 124 Å². The van der Waals surface area contributed by atoms with Gasteiger partial charge in [0.15, 0.2) is 5.78 Å². The third-order valence-electron chi connectivity index (χ3n) is 2.86. The van der Waals surface area contributed by atoms with Gasteiger partial charge in [0, 0.05) is 5.56 Å². The predicted octanol–water partition coefficient (Wildman–Crippen LogP) is 4.20. The Hall–Kier alpha value is -1.74. The standard InChI is InChI=1S/C17H18O2S/c1-2-20-13-17(18)15-8-10-16(11-9-15)19-12-14-6-4-3-5-7-14/h3-11H,2,12-13H2,1H3. The molecule has 2 aromatic carbocycles. The first-order valence-corrected chi connectivity index (χ1v) is 7.83. The first-order valence-electron chi connectivity index (χ1n) is 6.67. The second kappa shape index (κ2) is 7.75. The Morgan fingerprint density at radius 3 is 2.40 bits per heavy atom. The largest absolute Gasteiger partial charge is 0.489 e. The van der Waals surface area contributed by atoms with Gasteiger partial charge in [0.05, 0.1) is 5.75 Å². The lowest BCUT2D eigenvalue weighted by Crippen LogP contribution is -2.02. The SMILES string of the molecule is CCSCC(=O)c1ccc(OCc2ccccc2)cc1. The van der Waals surface area contributed by atoms with Crippen molar-refractivity contribution >= 4 is 17.5 Å². The van der Waals surface area contributed by atoms with Crippen molar-refractivity contribution in [1.82, 2.24) is 0 Å². The van der Waals surface area contributed by atoms with Gasteiger partial charge in [-0.2, -0.15) is 11.8 Å². The molecule has 0 unspecified atom stereocenters. The summed E-state index contributed by atoms with van der Waals surface area (Å²) in [6, 6.07) is 17.4. The zero-order chi connectivity index (χ0) is 14.2. The van der Waals surface area contributed by atoms with Gasteiger partial charge in [-0.15, -0.1) is 0 Å².